The lowest BCUT2D eigenvalue weighted by atomic mass is 10.0. The predicted octanol–water partition coefficient (Wildman–Crippen LogP) is 5.91. The highest BCUT2D eigenvalue weighted by molar-refractivity contribution is 9.10. The molecule has 0 saturated heterocycles. The zero-order valence-corrected chi connectivity index (χ0v) is 16.7. The van der Waals surface area contributed by atoms with Crippen LogP contribution in [0.2, 0.25) is 5.02 Å². The van der Waals surface area contributed by atoms with Gasteiger partial charge in [0, 0.05) is 26.2 Å². The first kappa shape index (κ1) is 18.7. The molecule has 1 atom stereocenters. The summed E-state index contributed by atoms with van der Waals surface area (Å²) in [7, 11) is 0. The molecule has 134 valence electrons. The van der Waals surface area contributed by atoms with Gasteiger partial charge in [-0.2, -0.15) is 0 Å². The van der Waals surface area contributed by atoms with Crippen LogP contribution < -0.4 is 0 Å². The quantitative estimate of drug-likeness (QED) is 0.468. The molecule has 2 aromatic carbocycles. The molecule has 26 heavy (non-hydrogen) atoms. The second-order valence-corrected chi connectivity index (χ2v) is 7.24. The summed E-state index contributed by atoms with van der Waals surface area (Å²) in [6.07, 6.45) is -0.359. The third-order valence-corrected chi connectivity index (χ3v) is 4.94. The van der Waals surface area contributed by atoms with Gasteiger partial charge in [0.1, 0.15) is 6.10 Å². The number of carbonyl (C=O) groups is 1. The molecule has 3 rings (SSSR count). The van der Waals surface area contributed by atoms with Crippen LogP contribution in [-0.2, 0) is 16.0 Å². The summed E-state index contributed by atoms with van der Waals surface area (Å²) in [5.41, 5.74) is 3.03. The van der Waals surface area contributed by atoms with Crippen LogP contribution in [0.25, 0.3) is 11.3 Å². The van der Waals surface area contributed by atoms with E-state index in [-0.39, 0.29) is 12.4 Å². The summed E-state index contributed by atoms with van der Waals surface area (Å²) in [5.74, 6) is 0.222. The van der Waals surface area contributed by atoms with Crippen molar-refractivity contribution in [2.75, 3.05) is 0 Å². The SMILES string of the molecule is Cc1noc(-c2ccc(Br)cc2)c1CC(=O)O[C@H](C)c1ccccc1Cl. The Morgan fingerprint density at radius 2 is 1.92 bits per heavy atom. The Hall–Kier alpha value is -2.11. The highest BCUT2D eigenvalue weighted by atomic mass is 79.9. The number of ether oxygens (including phenoxy) is 1. The Morgan fingerprint density at radius 1 is 1.23 bits per heavy atom. The first-order chi connectivity index (χ1) is 12.5. The molecule has 0 radical (unpaired) electrons. The fourth-order valence-corrected chi connectivity index (χ4v) is 3.23. The maximum Gasteiger partial charge on any atom is 0.311 e. The van der Waals surface area contributed by atoms with E-state index in [0.717, 1.165) is 21.2 Å². The van der Waals surface area contributed by atoms with Crippen molar-refractivity contribution < 1.29 is 14.1 Å². The Balaban J connectivity index is 1.77. The molecule has 4 nitrogen and oxygen atoms in total. The van der Waals surface area contributed by atoms with E-state index in [1.54, 1.807) is 13.0 Å². The fourth-order valence-electron chi connectivity index (χ4n) is 2.68. The number of aromatic nitrogens is 1. The summed E-state index contributed by atoms with van der Waals surface area (Å²) >= 11 is 9.57. The van der Waals surface area contributed by atoms with Crippen LogP contribution in [0.4, 0.5) is 0 Å². The van der Waals surface area contributed by atoms with Gasteiger partial charge in [-0.15, -0.1) is 0 Å². The maximum atomic E-state index is 12.5. The predicted molar refractivity (Wildman–Crippen MR) is 104 cm³/mol. The number of rotatable bonds is 5. The lowest BCUT2D eigenvalue weighted by molar-refractivity contribution is -0.147. The topological polar surface area (TPSA) is 52.3 Å². The third kappa shape index (κ3) is 4.17. The zero-order valence-electron chi connectivity index (χ0n) is 14.3. The van der Waals surface area contributed by atoms with E-state index >= 15 is 0 Å². The van der Waals surface area contributed by atoms with Crippen LogP contribution in [0, 0.1) is 6.92 Å². The van der Waals surface area contributed by atoms with Crippen LogP contribution in [0.15, 0.2) is 57.5 Å². The van der Waals surface area contributed by atoms with Crippen molar-refractivity contribution >= 4 is 33.5 Å². The number of esters is 1. The second kappa shape index (κ2) is 8.06. The lowest BCUT2D eigenvalue weighted by Gasteiger charge is -2.15. The first-order valence-corrected chi connectivity index (χ1v) is 9.28. The molecule has 0 amide bonds. The van der Waals surface area contributed by atoms with Gasteiger partial charge in [-0.3, -0.25) is 4.79 Å². The molecule has 1 heterocycles. The van der Waals surface area contributed by atoms with Crippen molar-refractivity contribution in [3.63, 3.8) is 0 Å². The van der Waals surface area contributed by atoms with Crippen molar-refractivity contribution in [1.82, 2.24) is 5.16 Å². The minimum atomic E-state index is -0.438. The average Bonchev–Trinajstić information content (AvgIpc) is 2.96. The number of benzene rings is 2. The number of carbonyl (C=O) groups excluding carboxylic acids is 1. The van der Waals surface area contributed by atoms with Gasteiger partial charge in [-0.25, -0.2) is 0 Å². The summed E-state index contributed by atoms with van der Waals surface area (Å²) in [4.78, 5) is 12.5. The fraction of sp³-hybridized carbons (Fsp3) is 0.200. The van der Waals surface area contributed by atoms with Gasteiger partial charge >= 0.3 is 5.97 Å². The molecule has 0 saturated carbocycles. The standard InChI is InChI=1S/C20H17BrClNO3/c1-12-17(20(26-23-12)14-7-9-15(21)10-8-14)11-19(24)25-13(2)16-5-3-4-6-18(16)22/h3-10,13H,11H2,1-2H3/t13-/m1/s1. The van der Waals surface area contributed by atoms with Crippen molar-refractivity contribution in [2.24, 2.45) is 0 Å². The molecule has 0 aliphatic carbocycles. The van der Waals surface area contributed by atoms with E-state index in [1.807, 2.05) is 49.4 Å². The van der Waals surface area contributed by atoms with Crippen LogP contribution in [0.3, 0.4) is 0 Å². The highest BCUT2D eigenvalue weighted by Gasteiger charge is 2.21. The van der Waals surface area contributed by atoms with E-state index in [1.165, 1.54) is 0 Å². The van der Waals surface area contributed by atoms with Gasteiger partial charge in [0.25, 0.3) is 0 Å². The molecule has 0 aliphatic heterocycles. The highest BCUT2D eigenvalue weighted by Crippen LogP contribution is 2.29. The second-order valence-electron chi connectivity index (χ2n) is 5.91. The minimum absolute atomic E-state index is 0.0789. The molecule has 0 fully saturated rings. The number of hydrogen-bond acceptors (Lipinski definition) is 4. The monoisotopic (exact) mass is 433 g/mol. The summed E-state index contributed by atoms with van der Waals surface area (Å²) in [5, 5.41) is 4.58. The molecule has 0 unspecified atom stereocenters. The average molecular weight is 435 g/mol. The van der Waals surface area contributed by atoms with Crippen LogP contribution in [0.5, 0.6) is 0 Å². The summed E-state index contributed by atoms with van der Waals surface area (Å²) in [6, 6.07) is 15.0. The Kier molecular flexibility index (Phi) is 5.79. The van der Waals surface area contributed by atoms with Crippen LogP contribution in [-0.4, -0.2) is 11.1 Å². The molecule has 0 bridgehead atoms. The molecule has 0 aliphatic rings. The van der Waals surface area contributed by atoms with E-state index in [2.05, 4.69) is 21.1 Å². The number of aryl methyl sites for hydroxylation is 1. The summed E-state index contributed by atoms with van der Waals surface area (Å²) < 4.78 is 12.0. The van der Waals surface area contributed by atoms with Crippen molar-refractivity contribution in [1.29, 1.82) is 0 Å². The largest absolute Gasteiger partial charge is 0.457 e. The smallest absolute Gasteiger partial charge is 0.311 e. The molecular formula is C20H17BrClNO3. The van der Waals surface area contributed by atoms with Crippen LogP contribution in [0.1, 0.15) is 29.8 Å². The van der Waals surface area contributed by atoms with Crippen molar-refractivity contribution in [3.05, 3.63) is 74.8 Å². The van der Waals surface area contributed by atoms with Gasteiger partial charge in [-0.1, -0.05) is 63.0 Å². The maximum absolute atomic E-state index is 12.5. The van der Waals surface area contributed by atoms with Gasteiger partial charge in [-0.05, 0) is 32.0 Å². The number of hydrogen-bond donors (Lipinski definition) is 0. The van der Waals surface area contributed by atoms with E-state index in [0.29, 0.717) is 16.5 Å². The van der Waals surface area contributed by atoms with Crippen molar-refractivity contribution in [3.8, 4) is 11.3 Å². The normalized spacial score (nSPS) is 12.0. The van der Waals surface area contributed by atoms with E-state index in [4.69, 9.17) is 20.9 Å². The van der Waals surface area contributed by atoms with Crippen LogP contribution >= 0.6 is 27.5 Å². The molecule has 1 aromatic heterocycles. The van der Waals surface area contributed by atoms with Crippen molar-refractivity contribution in [2.45, 2.75) is 26.4 Å². The van der Waals surface area contributed by atoms with Gasteiger partial charge in [0.15, 0.2) is 5.76 Å². The Labute approximate surface area is 165 Å². The van der Waals surface area contributed by atoms with E-state index in [9.17, 15) is 4.79 Å². The molecule has 3 aromatic rings. The van der Waals surface area contributed by atoms with Gasteiger partial charge in [0.05, 0.1) is 12.1 Å². The third-order valence-electron chi connectivity index (χ3n) is 4.06. The molecule has 0 spiro atoms. The zero-order chi connectivity index (χ0) is 18.7. The molecule has 0 N–H and O–H groups in total. The Bertz CT molecular complexity index is 921. The van der Waals surface area contributed by atoms with Gasteiger partial charge in [0.2, 0.25) is 0 Å². The van der Waals surface area contributed by atoms with E-state index < -0.39 is 6.10 Å². The Morgan fingerprint density at radius 3 is 2.62 bits per heavy atom. The molecular weight excluding hydrogens is 418 g/mol. The molecule has 6 heteroatoms. The first-order valence-electron chi connectivity index (χ1n) is 8.10. The number of halogens is 2. The van der Waals surface area contributed by atoms with Gasteiger partial charge < -0.3 is 9.26 Å². The lowest BCUT2D eigenvalue weighted by Crippen LogP contribution is -2.12. The number of nitrogens with zero attached hydrogens (tertiary/aromatic N) is 1. The summed E-state index contributed by atoms with van der Waals surface area (Å²) in [6.45, 7) is 3.61. The minimum Gasteiger partial charge on any atom is -0.457 e.